The highest BCUT2D eigenvalue weighted by molar-refractivity contribution is 6.46. The van der Waals surface area contributed by atoms with Gasteiger partial charge in [-0.25, -0.2) is 0 Å². The van der Waals surface area contributed by atoms with E-state index in [1.54, 1.807) is 24.1 Å². The Balaban J connectivity index is 1.85. The van der Waals surface area contributed by atoms with Crippen LogP contribution >= 0.6 is 0 Å². The molecule has 35 heavy (non-hydrogen) atoms. The Morgan fingerprint density at radius 3 is 2.43 bits per heavy atom. The second kappa shape index (κ2) is 9.86. The summed E-state index contributed by atoms with van der Waals surface area (Å²) < 4.78 is 11.3. The molecule has 2 aliphatic rings. The zero-order valence-corrected chi connectivity index (χ0v) is 21.3. The number of ketones is 1. The topological polar surface area (TPSA) is 76.1 Å². The monoisotopic (exact) mass is 477 g/mol. The Kier molecular flexibility index (Phi) is 7.04. The van der Waals surface area contributed by atoms with Gasteiger partial charge in [-0.05, 0) is 54.0 Å². The van der Waals surface area contributed by atoms with Gasteiger partial charge < -0.3 is 19.5 Å². The average molecular weight is 478 g/mol. The lowest BCUT2D eigenvalue weighted by atomic mass is 9.84. The fraction of sp³-hybridized carbons (Fsp3) is 0.448. The number of nitrogens with zero attached hydrogens (tertiary/aromatic N) is 1. The van der Waals surface area contributed by atoms with Crippen LogP contribution in [0.4, 0.5) is 0 Å². The van der Waals surface area contributed by atoms with Gasteiger partial charge in [0.25, 0.3) is 11.7 Å². The highest BCUT2D eigenvalue weighted by atomic mass is 16.5. The molecule has 4 rings (SSSR count). The van der Waals surface area contributed by atoms with Crippen LogP contribution in [0.5, 0.6) is 5.75 Å². The predicted molar refractivity (Wildman–Crippen MR) is 135 cm³/mol. The summed E-state index contributed by atoms with van der Waals surface area (Å²) in [6.07, 6.45) is 2.56. The van der Waals surface area contributed by atoms with E-state index in [1.807, 2.05) is 30.3 Å². The van der Waals surface area contributed by atoms with E-state index in [1.165, 1.54) is 0 Å². The molecule has 186 valence electrons. The van der Waals surface area contributed by atoms with E-state index < -0.39 is 17.7 Å². The normalized spacial score (nSPS) is 22.1. The van der Waals surface area contributed by atoms with Crippen LogP contribution in [0.2, 0.25) is 0 Å². The quantitative estimate of drug-likeness (QED) is 0.354. The van der Waals surface area contributed by atoms with Crippen molar-refractivity contribution < 1.29 is 24.2 Å². The van der Waals surface area contributed by atoms with Crippen molar-refractivity contribution in [1.82, 2.24) is 4.90 Å². The van der Waals surface area contributed by atoms with E-state index in [9.17, 15) is 14.7 Å². The molecule has 6 heteroatoms. The molecule has 0 aromatic heterocycles. The number of hydrogen-bond acceptors (Lipinski definition) is 5. The van der Waals surface area contributed by atoms with Crippen molar-refractivity contribution in [1.29, 1.82) is 0 Å². The van der Waals surface area contributed by atoms with E-state index in [0.29, 0.717) is 24.5 Å². The maximum absolute atomic E-state index is 13.3. The molecular formula is C29H35NO5. The van der Waals surface area contributed by atoms with Gasteiger partial charge in [-0.1, -0.05) is 52.0 Å². The van der Waals surface area contributed by atoms with Crippen molar-refractivity contribution in [2.75, 3.05) is 20.3 Å². The summed E-state index contributed by atoms with van der Waals surface area (Å²) in [7, 11) is 1.61. The summed E-state index contributed by atoms with van der Waals surface area (Å²) in [5.41, 5.74) is 3.22. The number of ether oxygens (including phenoxy) is 2. The molecule has 1 amide bonds. The number of Topliss-reactive ketones (excluding diaryl/α,β-unsaturated/α-hetero) is 1. The third kappa shape index (κ3) is 4.85. The lowest BCUT2D eigenvalue weighted by molar-refractivity contribution is -0.140. The molecule has 2 saturated heterocycles. The smallest absolute Gasteiger partial charge is 0.295 e. The summed E-state index contributed by atoms with van der Waals surface area (Å²) in [5, 5.41) is 11.5. The number of aliphatic hydroxyl groups excluding tert-OH is 1. The summed E-state index contributed by atoms with van der Waals surface area (Å²) >= 11 is 0. The molecule has 2 fully saturated rings. The molecule has 2 aliphatic heterocycles. The highest BCUT2D eigenvalue weighted by Crippen LogP contribution is 2.41. The van der Waals surface area contributed by atoms with Gasteiger partial charge >= 0.3 is 0 Å². The molecule has 0 saturated carbocycles. The number of hydrogen-bond donors (Lipinski definition) is 1. The largest absolute Gasteiger partial charge is 0.507 e. The Hall–Kier alpha value is -3.12. The molecule has 2 aromatic rings. The molecule has 2 heterocycles. The van der Waals surface area contributed by atoms with Crippen molar-refractivity contribution >= 4 is 17.4 Å². The zero-order valence-electron chi connectivity index (χ0n) is 21.3. The number of benzene rings is 2. The number of amides is 1. The molecule has 1 N–H and O–H groups in total. The molecule has 0 radical (unpaired) electrons. The first-order valence-electron chi connectivity index (χ1n) is 12.3. The Morgan fingerprint density at radius 1 is 1.14 bits per heavy atom. The number of aliphatic hydroxyl groups is 1. The second-order valence-corrected chi connectivity index (χ2v) is 10.3. The number of aryl methyl sites for hydroxylation is 1. The molecule has 0 spiro atoms. The number of carbonyl (C=O) groups is 2. The van der Waals surface area contributed by atoms with Gasteiger partial charge in [0.05, 0.1) is 24.8 Å². The highest BCUT2D eigenvalue weighted by Gasteiger charge is 2.47. The van der Waals surface area contributed by atoms with Crippen LogP contribution in [0, 0.1) is 0 Å². The van der Waals surface area contributed by atoms with Crippen molar-refractivity contribution in [2.24, 2.45) is 0 Å². The van der Waals surface area contributed by atoms with Crippen molar-refractivity contribution in [3.63, 3.8) is 0 Å². The molecular weight excluding hydrogens is 442 g/mol. The van der Waals surface area contributed by atoms with Crippen LogP contribution in [0.25, 0.3) is 5.76 Å². The van der Waals surface area contributed by atoms with Crippen LogP contribution < -0.4 is 4.74 Å². The zero-order chi connectivity index (χ0) is 25.3. The number of carbonyl (C=O) groups excluding carboxylic acids is 2. The van der Waals surface area contributed by atoms with Crippen molar-refractivity contribution in [2.45, 2.75) is 64.5 Å². The SMILES string of the molecule is CCc1ccc(C2/C(=C(/O)c3ccc(OC)c(C(C)(C)C)c3)C(=O)C(=O)N2CC2CCCO2)cc1. The van der Waals surface area contributed by atoms with E-state index >= 15 is 0 Å². The van der Waals surface area contributed by atoms with Gasteiger partial charge in [-0.2, -0.15) is 0 Å². The summed E-state index contributed by atoms with van der Waals surface area (Å²) in [5.74, 6) is -0.732. The number of methoxy groups -OCH3 is 1. The van der Waals surface area contributed by atoms with Gasteiger partial charge in [-0.15, -0.1) is 0 Å². The van der Waals surface area contributed by atoms with Crippen molar-refractivity contribution in [3.8, 4) is 5.75 Å². The van der Waals surface area contributed by atoms with Crippen LogP contribution in [0.15, 0.2) is 48.0 Å². The Bertz CT molecular complexity index is 1140. The van der Waals surface area contributed by atoms with Gasteiger partial charge in [0.2, 0.25) is 0 Å². The maximum Gasteiger partial charge on any atom is 0.295 e. The van der Waals surface area contributed by atoms with E-state index in [2.05, 4.69) is 27.7 Å². The minimum Gasteiger partial charge on any atom is -0.507 e. The minimum absolute atomic E-state index is 0.112. The Labute approximate surface area is 207 Å². The van der Waals surface area contributed by atoms with Gasteiger partial charge in [0.1, 0.15) is 11.5 Å². The maximum atomic E-state index is 13.3. The lowest BCUT2D eigenvalue weighted by Gasteiger charge is -2.28. The summed E-state index contributed by atoms with van der Waals surface area (Å²) in [6, 6.07) is 12.6. The predicted octanol–water partition coefficient (Wildman–Crippen LogP) is 5.16. The number of likely N-dealkylation sites (tertiary alicyclic amines) is 1. The van der Waals surface area contributed by atoms with Gasteiger partial charge in [0, 0.05) is 24.3 Å². The molecule has 6 nitrogen and oxygen atoms in total. The lowest BCUT2D eigenvalue weighted by Crippen LogP contribution is -2.36. The van der Waals surface area contributed by atoms with Gasteiger partial charge in [0.15, 0.2) is 0 Å². The van der Waals surface area contributed by atoms with Crippen molar-refractivity contribution in [3.05, 3.63) is 70.3 Å². The fourth-order valence-corrected chi connectivity index (χ4v) is 4.96. The van der Waals surface area contributed by atoms with Crippen LogP contribution in [0.3, 0.4) is 0 Å². The first-order chi connectivity index (χ1) is 16.7. The van der Waals surface area contributed by atoms with Gasteiger partial charge in [-0.3, -0.25) is 9.59 Å². The summed E-state index contributed by atoms with van der Waals surface area (Å²) in [4.78, 5) is 28.1. The second-order valence-electron chi connectivity index (χ2n) is 10.3. The average Bonchev–Trinajstić information content (AvgIpc) is 3.45. The van der Waals surface area contributed by atoms with E-state index in [0.717, 1.165) is 36.0 Å². The van der Waals surface area contributed by atoms with Crippen LogP contribution in [-0.4, -0.2) is 48.1 Å². The number of rotatable bonds is 6. The van der Waals surface area contributed by atoms with E-state index in [4.69, 9.17) is 9.47 Å². The molecule has 2 atom stereocenters. The third-order valence-corrected chi connectivity index (χ3v) is 6.95. The first kappa shape index (κ1) is 25.0. The summed E-state index contributed by atoms with van der Waals surface area (Å²) in [6.45, 7) is 9.23. The van der Waals surface area contributed by atoms with E-state index in [-0.39, 0.29) is 22.9 Å². The fourth-order valence-electron chi connectivity index (χ4n) is 4.96. The molecule has 0 bridgehead atoms. The third-order valence-electron chi connectivity index (χ3n) is 6.95. The molecule has 0 aliphatic carbocycles. The molecule has 2 aromatic carbocycles. The molecule has 2 unspecified atom stereocenters. The Morgan fingerprint density at radius 2 is 1.86 bits per heavy atom. The van der Waals surface area contributed by atoms with Crippen LogP contribution in [-0.2, 0) is 26.2 Å². The van der Waals surface area contributed by atoms with Crippen LogP contribution in [0.1, 0.15) is 68.8 Å². The first-order valence-corrected chi connectivity index (χ1v) is 12.3. The standard InChI is InChI=1S/C29H35NO5/c1-6-18-9-11-19(12-10-18)25-24(27(32)28(33)30(25)17-21-8-7-15-35-21)26(31)20-13-14-23(34-5)22(16-20)29(2,3)4/h9-14,16,21,25,31H,6-8,15,17H2,1-5H3/b26-24-. The minimum atomic E-state index is -0.676.